The molecule has 2 amide bonds. The summed E-state index contributed by atoms with van der Waals surface area (Å²) in [5, 5.41) is 4.04. The van der Waals surface area contributed by atoms with Gasteiger partial charge < -0.3 is 14.5 Å². The molecule has 0 N–H and O–H groups in total. The van der Waals surface area contributed by atoms with Crippen LogP contribution in [0.25, 0.3) is 0 Å². The van der Waals surface area contributed by atoms with Crippen LogP contribution in [0.15, 0.2) is 12.4 Å². The van der Waals surface area contributed by atoms with Gasteiger partial charge in [-0.1, -0.05) is 0 Å². The summed E-state index contributed by atoms with van der Waals surface area (Å²) in [7, 11) is 3.58. The number of hydrogen-bond donors (Lipinski definition) is 0. The first-order chi connectivity index (χ1) is 10.0. The number of amides is 2. The molecule has 7 nitrogen and oxygen atoms in total. The monoisotopic (exact) mass is 292 g/mol. The van der Waals surface area contributed by atoms with Gasteiger partial charge >= 0.3 is 0 Å². The maximum absolute atomic E-state index is 12.5. The summed E-state index contributed by atoms with van der Waals surface area (Å²) in [6.45, 7) is 2.07. The number of piperidine rings is 1. The summed E-state index contributed by atoms with van der Waals surface area (Å²) in [5.41, 5.74) is 0.606. The lowest BCUT2D eigenvalue weighted by atomic mass is 9.94. The van der Waals surface area contributed by atoms with E-state index in [2.05, 4.69) is 5.10 Å². The Labute approximate surface area is 123 Å². The lowest BCUT2D eigenvalue weighted by Gasteiger charge is -2.37. The Morgan fingerprint density at radius 3 is 2.90 bits per heavy atom. The Balaban J connectivity index is 1.70. The number of aromatic nitrogens is 2. The minimum Gasteiger partial charge on any atom is -0.368 e. The van der Waals surface area contributed by atoms with Crippen molar-refractivity contribution in [3.63, 3.8) is 0 Å². The maximum atomic E-state index is 12.5. The van der Waals surface area contributed by atoms with Crippen LogP contribution in [0.2, 0.25) is 0 Å². The van der Waals surface area contributed by atoms with Gasteiger partial charge in [0.2, 0.25) is 5.91 Å². The largest absolute Gasteiger partial charge is 0.368 e. The van der Waals surface area contributed by atoms with Gasteiger partial charge in [-0.2, -0.15) is 5.10 Å². The van der Waals surface area contributed by atoms with Crippen molar-refractivity contribution in [1.82, 2.24) is 19.6 Å². The third-order valence-corrected chi connectivity index (χ3v) is 4.26. The molecule has 2 saturated heterocycles. The fourth-order valence-electron chi connectivity index (χ4n) is 3.05. The standard InChI is InChI=1S/C14H20N4O3/c1-16-6-11-8-18(4-3-12(11)21-9-13(16)19)14(20)10-5-15-17(2)7-10/h5,7,11-12H,3-4,6,8-9H2,1-2H3/t11-,12-/m0/s1. The molecular weight excluding hydrogens is 272 g/mol. The molecule has 21 heavy (non-hydrogen) atoms. The van der Waals surface area contributed by atoms with Gasteiger partial charge in [0.05, 0.1) is 17.9 Å². The predicted molar refractivity (Wildman–Crippen MR) is 74.6 cm³/mol. The number of rotatable bonds is 1. The van der Waals surface area contributed by atoms with Crippen molar-refractivity contribution >= 4 is 11.8 Å². The quantitative estimate of drug-likeness (QED) is 0.715. The second-order valence-electron chi connectivity index (χ2n) is 5.83. The second-order valence-corrected chi connectivity index (χ2v) is 5.83. The van der Waals surface area contributed by atoms with E-state index >= 15 is 0 Å². The molecule has 0 unspecified atom stereocenters. The zero-order valence-electron chi connectivity index (χ0n) is 12.4. The number of carbonyl (C=O) groups is 2. The van der Waals surface area contributed by atoms with Crippen LogP contribution in [0.1, 0.15) is 16.8 Å². The van der Waals surface area contributed by atoms with Gasteiger partial charge in [0, 0.05) is 45.8 Å². The predicted octanol–water partition coefficient (Wildman–Crippen LogP) is -0.261. The fourth-order valence-corrected chi connectivity index (χ4v) is 3.05. The van der Waals surface area contributed by atoms with E-state index in [4.69, 9.17) is 4.74 Å². The van der Waals surface area contributed by atoms with E-state index in [0.29, 0.717) is 25.2 Å². The van der Waals surface area contributed by atoms with Crippen molar-refractivity contribution in [2.45, 2.75) is 12.5 Å². The maximum Gasteiger partial charge on any atom is 0.257 e. The summed E-state index contributed by atoms with van der Waals surface area (Å²) in [6, 6.07) is 0. The summed E-state index contributed by atoms with van der Waals surface area (Å²) in [5.74, 6) is 0.185. The summed E-state index contributed by atoms with van der Waals surface area (Å²) >= 11 is 0. The number of likely N-dealkylation sites (tertiary alicyclic amines) is 1. The number of nitrogens with zero attached hydrogens (tertiary/aromatic N) is 4. The van der Waals surface area contributed by atoms with Gasteiger partial charge in [0.1, 0.15) is 6.61 Å². The number of aryl methyl sites for hydroxylation is 1. The molecule has 2 aliphatic rings. The third kappa shape index (κ3) is 2.78. The molecule has 0 radical (unpaired) electrons. The molecule has 2 atom stereocenters. The molecule has 2 aliphatic heterocycles. The van der Waals surface area contributed by atoms with Crippen LogP contribution in [-0.4, -0.2) is 70.8 Å². The lowest BCUT2D eigenvalue weighted by molar-refractivity contribution is -0.133. The second kappa shape index (κ2) is 5.48. The van der Waals surface area contributed by atoms with Crippen LogP contribution in [0, 0.1) is 5.92 Å². The van der Waals surface area contributed by atoms with Gasteiger partial charge in [-0.25, -0.2) is 0 Å². The Morgan fingerprint density at radius 2 is 2.19 bits per heavy atom. The number of carbonyl (C=O) groups excluding carboxylic acids is 2. The van der Waals surface area contributed by atoms with Crippen molar-refractivity contribution < 1.29 is 14.3 Å². The summed E-state index contributed by atoms with van der Waals surface area (Å²) in [4.78, 5) is 27.7. The molecule has 0 aliphatic carbocycles. The molecule has 1 aromatic rings. The smallest absolute Gasteiger partial charge is 0.257 e. The van der Waals surface area contributed by atoms with Gasteiger partial charge in [0.25, 0.3) is 5.91 Å². The number of hydrogen-bond acceptors (Lipinski definition) is 4. The molecule has 7 heteroatoms. The van der Waals surface area contributed by atoms with Crippen LogP contribution in [0.3, 0.4) is 0 Å². The molecule has 0 aromatic carbocycles. The molecule has 1 aromatic heterocycles. The van der Waals surface area contributed by atoms with Crippen LogP contribution in [-0.2, 0) is 16.6 Å². The normalized spacial score (nSPS) is 26.5. The Bertz CT molecular complexity index is 556. The minimum atomic E-state index is -0.000207. The zero-order chi connectivity index (χ0) is 15.0. The molecule has 0 saturated carbocycles. The van der Waals surface area contributed by atoms with Crippen LogP contribution >= 0.6 is 0 Å². The van der Waals surface area contributed by atoms with E-state index in [1.807, 2.05) is 4.90 Å². The van der Waals surface area contributed by atoms with Crippen LogP contribution < -0.4 is 0 Å². The van der Waals surface area contributed by atoms with Crippen molar-refractivity contribution in [3.8, 4) is 0 Å². The average molecular weight is 292 g/mol. The highest BCUT2D eigenvalue weighted by molar-refractivity contribution is 5.93. The molecule has 0 spiro atoms. The summed E-state index contributed by atoms with van der Waals surface area (Å²) < 4.78 is 7.31. The van der Waals surface area contributed by atoms with Crippen molar-refractivity contribution in [2.75, 3.05) is 33.3 Å². The molecule has 3 rings (SSSR count). The first-order valence-electron chi connectivity index (χ1n) is 7.18. The highest BCUT2D eigenvalue weighted by Crippen LogP contribution is 2.24. The van der Waals surface area contributed by atoms with Crippen molar-refractivity contribution in [1.29, 1.82) is 0 Å². The SMILES string of the molecule is CN1C[C@H]2CN(C(=O)c3cnn(C)c3)CC[C@@H]2OCC1=O. The highest BCUT2D eigenvalue weighted by Gasteiger charge is 2.36. The summed E-state index contributed by atoms with van der Waals surface area (Å²) in [6.07, 6.45) is 4.16. The van der Waals surface area contributed by atoms with Crippen LogP contribution in [0.5, 0.6) is 0 Å². The van der Waals surface area contributed by atoms with E-state index in [9.17, 15) is 9.59 Å². The number of ether oxygens (including phenoxy) is 1. The minimum absolute atomic E-state index is 0.000207. The Hall–Kier alpha value is -1.89. The van der Waals surface area contributed by atoms with E-state index in [0.717, 1.165) is 6.42 Å². The van der Waals surface area contributed by atoms with E-state index in [1.165, 1.54) is 0 Å². The number of likely N-dealkylation sites (N-methyl/N-ethyl adjacent to an activating group) is 1. The molecule has 3 heterocycles. The Morgan fingerprint density at radius 1 is 1.38 bits per heavy atom. The van der Waals surface area contributed by atoms with E-state index in [-0.39, 0.29) is 30.4 Å². The zero-order valence-corrected chi connectivity index (χ0v) is 12.4. The van der Waals surface area contributed by atoms with Gasteiger partial charge in [-0.3, -0.25) is 14.3 Å². The van der Waals surface area contributed by atoms with Crippen molar-refractivity contribution in [3.05, 3.63) is 18.0 Å². The molecule has 2 fully saturated rings. The van der Waals surface area contributed by atoms with Crippen molar-refractivity contribution in [2.24, 2.45) is 13.0 Å². The molecule has 114 valence electrons. The molecular formula is C14H20N4O3. The first kappa shape index (κ1) is 14.1. The Kier molecular flexibility index (Phi) is 3.67. The van der Waals surface area contributed by atoms with Crippen LogP contribution in [0.4, 0.5) is 0 Å². The lowest BCUT2D eigenvalue weighted by Crippen LogP contribution is -2.48. The average Bonchev–Trinajstić information content (AvgIpc) is 2.85. The van der Waals surface area contributed by atoms with Gasteiger partial charge in [-0.15, -0.1) is 0 Å². The highest BCUT2D eigenvalue weighted by atomic mass is 16.5. The van der Waals surface area contributed by atoms with E-state index in [1.54, 1.807) is 36.1 Å². The fraction of sp³-hybridized carbons (Fsp3) is 0.643. The van der Waals surface area contributed by atoms with Gasteiger partial charge in [-0.05, 0) is 6.42 Å². The third-order valence-electron chi connectivity index (χ3n) is 4.26. The topological polar surface area (TPSA) is 67.7 Å². The first-order valence-corrected chi connectivity index (χ1v) is 7.18. The van der Waals surface area contributed by atoms with E-state index < -0.39 is 0 Å². The molecule has 0 bridgehead atoms. The van der Waals surface area contributed by atoms with Gasteiger partial charge in [0.15, 0.2) is 0 Å². The number of fused-ring (bicyclic) bond motifs is 1.